The van der Waals surface area contributed by atoms with E-state index in [2.05, 4.69) is 0 Å². The van der Waals surface area contributed by atoms with Crippen molar-refractivity contribution in [1.29, 1.82) is 0 Å². The molecule has 3 aromatic carbocycles. The molecule has 4 amide bonds. The monoisotopic (exact) mass is 592 g/mol. The van der Waals surface area contributed by atoms with E-state index in [4.69, 9.17) is 32.7 Å². The zero-order valence-electron chi connectivity index (χ0n) is 21.1. The Morgan fingerprint density at radius 1 is 0.950 bits per heavy atom. The Labute approximate surface area is 237 Å². The Morgan fingerprint density at radius 2 is 1.65 bits per heavy atom. The average molecular weight is 593 g/mol. The first kappa shape index (κ1) is 29.0. The van der Waals surface area contributed by atoms with Crippen LogP contribution in [0.15, 0.2) is 60.2 Å². The zero-order valence-corrected chi connectivity index (χ0v) is 22.6. The predicted molar refractivity (Wildman–Crippen MR) is 144 cm³/mol. The first-order chi connectivity index (χ1) is 18.9. The molecule has 7 nitrogen and oxygen atoms in total. The van der Waals surface area contributed by atoms with Crippen LogP contribution in [0.1, 0.15) is 29.2 Å². The molecule has 208 valence electrons. The van der Waals surface area contributed by atoms with Gasteiger partial charge in [0.25, 0.3) is 11.8 Å². The summed E-state index contributed by atoms with van der Waals surface area (Å²) < 4.78 is 51.4. The van der Waals surface area contributed by atoms with Crippen LogP contribution in [0, 0.1) is 6.92 Å². The maximum Gasteiger partial charge on any atom is 0.416 e. The maximum absolute atomic E-state index is 13.3. The molecule has 0 saturated carbocycles. The van der Waals surface area contributed by atoms with Gasteiger partial charge in [-0.05, 0) is 61.4 Å². The minimum absolute atomic E-state index is 0.113. The number of hydrogen-bond acceptors (Lipinski definition) is 5. The molecule has 0 aromatic heterocycles. The van der Waals surface area contributed by atoms with Crippen molar-refractivity contribution >= 4 is 52.8 Å². The minimum atomic E-state index is -4.77. The van der Waals surface area contributed by atoms with Crippen LogP contribution in [0.5, 0.6) is 11.5 Å². The summed E-state index contributed by atoms with van der Waals surface area (Å²) in [6, 6.07) is 11.5. The van der Waals surface area contributed by atoms with E-state index in [0.29, 0.717) is 17.0 Å². The molecule has 1 fully saturated rings. The van der Waals surface area contributed by atoms with E-state index in [1.165, 1.54) is 12.1 Å². The number of nitrogens with one attached hydrogen (secondary N) is 1. The molecular formula is C28H21Cl2F3N2O5. The number of benzene rings is 3. The summed E-state index contributed by atoms with van der Waals surface area (Å²) in [5.41, 5.74) is -0.00238. The van der Waals surface area contributed by atoms with Crippen molar-refractivity contribution in [3.8, 4) is 11.5 Å². The van der Waals surface area contributed by atoms with E-state index in [9.17, 15) is 27.6 Å². The highest BCUT2D eigenvalue weighted by Crippen LogP contribution is 2.39. The van der Waals surface area contributed by atoms with Crippen LogP contribution in [0.4, 0.5) is 23.7 Å². The fourth-order valence-corrected chi connectivity index (χ4v) is 4.29. The van der Waals surface area contributed by atoms with Crippen molar-refractivity contribution in [3.63, 3.8) is 0 Å². The van der Waals surface area contributed by atoms with Crippen LogP contribution in [0.3, 0.4) is 0 Å². The zero-order chi connectivity index (χ0) is 29.2. The van der Waals surface area contributed by atoms with Gasteiger partial charge in [-0.1, -0.05) is 53.0 Å². The Balaban J connectivity index is 1.69. The number of halogens is 5. The lowest BCUT2D eigenvalue weighted by Crippen LogP contribution is -2.54. The van der Waals surface area contributed by atoms with Crippen molar-refractivity contribution in [2.75, 3.05) is 11.5 Å². The van der Waals surface area contributed by atoms with Gasteiger partial charge in [0.2, 0.25) is 0 Å². The summed E-state index contributed by atoms with van der Waals surface area (Å²) in [5, 5.41) is 1.76. The fourth-order valence-electron chi connectivity index (χ4n) is 3.82. The smallest absolute Gasteiger partial charge is 0.416 e. The molecule has 0 aliphatic carbocycles. The number of carbonyl (C=O) groups is 3. The van der Waals surface area contributed by atoms with Crippen molar-refractivity contribution in [2.24, 2.45) is 0 Å². The van der Waals surface area contributed by atoms with Gasteiger partial charge in [0.1, 0.15) is 12.2 Å². The van der Waals surface area contributed by atoms with Gasteiger partial charge >= 0.3 is 12.2 Å². The lowest BCUT2D eigenvalue weighted by atomic mass is 10.1. The van der Waals surface area contributed by atoms with Gasteiger partial charge in [0.05, 0.1) is 27.9 Å². The number of amides is 4. The summed E-state index contributed by atoms with van der Waals surface area (Å²) >= 11 is 12.5. The molecule has 1 aliphatic heterocycles. The number of ether oxygens (including phenoxy) is 2. The van der Waals surface area contributed by atoms with E-state index in [0.717, 1.165) is 23.3 Å². The molecule has 12 heteroatoms. The second-order valence-electron chi connectivity index (χ2n) is 8.66. The molecule has 0 radical (unpaired) electrons. The minimum Gasteiger partial charge on any atom is -0.490 e. The predicted octanol–water partition coefficient (Wildman–Crippen LogP) is 6.96. The summed E-state index contributed by atoms with van der Waals surface area (Å²) in [6.45, 7) is 4.13. The van der Waals surface area contributed by atoms with Crippen LogP contribution in [0.2, 0.25) is 10.0 Å². The van der Waals surface area contributed by atoms with Gasteiger partial charge in [-0.15, -0.1) is 0 Å². The first-order valence-electron chi connectivity index (χ1n) is 11.8. The molecule has 0 atom stereocenters. The highest BCUT2D eigenvalue weighted by molar-refractivity contribution is 6.42. The van der Waals surface area contributed by atoms with Gasteiger partial charge in [0, 0.05) is 0 Å². The molecule has 1 aliphatic rings. The van der Waals surface area contributed by atoms with Crippen LogP contribution in [0.25, 0.3) is 6.08 Å². The largest absolute Gasteiger partial charge is 0.490 e. The number of imide groups is 2. The molecule has 0 unspecified atom stereocenters. The average Bonchev–Trinajstić information content (AvgIpc) is 2.87. The van der Waals surface area contributed by atoms with Crippen molar-refractivity contribution in [1.82, 2.24) is 5.32 Å². The van der Waals surface area contributed by atoms with Crippen LogP contribution in [-0.4, -0.2) is 24.5 Å². The maximum atomic E-state index is 13.3. The molecule has 1 heterocycles. The number of aryl methyl sites for hydroxylation is 1. The number of alkyl halides is 3. The highest BCUT2D eigenvalue weighted by atomic mass is 35.5. The Morgan fingerprint density at radius 3 is 2.30 bits per heavy atom. The Kier molecular flexibility index (Phi) is 8.41. The number of hydrogen-bond donors (Lipinski definition) is 1. The van der Waals surface area contributed by atoms with E-state index < -0.39 is 40.8 Å². The second kappa shape index (κ2) is 11.6. The molecule has 1 N–H and O–H groups in total. The SMILES string of the molecule is CCOc1cc(/C=C2/C(=O)NC(=O)N(c3cc(C(F)(F)F)ccc3Cl)C2=O)cc(Cl)c1OCc1ccc(C)cc1. The van der Waals surface area contributed by atoms with Gasteiger partial charge in [0.15, 0.2) is 11.5 Å². The lowest BCUT2D eigenvalue weighted by molar-refractivity contribution is -0.137. The highest BCUT2D eigenvalue weighted by Gasteiger charge is 2.39. The molecule has 4 rings (SSSR count). The summed E-state index contributed by atoms with van der Waals surface area (Å²) in [4.78, 5) is 38.8. The molecule has 0 bridgehead atoms. The molecule has 40 heavy (non-hydrogen) atoms. The van der Waals surface area contributed by atoms with Crippen molar-refractivity contribution in [2.45, 2.75) is 26.6 Å². The number of urea groups is 1. The number of rotatable bonds is 7. The van der Waals surface area contributed by atoms with Gasteiger partial charge in [-0.2, -0.15) is 13.2 Å². The summed E-state index contributed by atoms with van der Waals surface area (Å²) in [7, 11) is 0. The van der Waals surface area contributed by atoms with Crippen molar-refractivity contribution < 1.29 is 37.0 Å². The van der Waals surface area contributed by atoms with E-state index in [-0.39, 0.29) is 40.3 Å². The van der Waals surface area contributed by atoms with E-state index >= 15 is 0 Å². The Hall–Kier alpha value is -4.02. The number of nitrogens with zero attached hydrogens (tertiary/aromatic N) is 1. The van der Waals surface area contributed by atoms with Crippen LogP contribution < -0.4 is 19.7 Å². The second-order valence-corrected chi connectivity index (χ2v) is 9.47. The third kappa shape index (κ3) is 6.24. The van der Waals surface area contributed by atoms with Crippen LogP contribution >= 0.6 is 23.2 Å². The summed E-state index contributed by atoms with van der Waals surface area (Å²) in [5.74, 6) is -1.77. The third-order valence-corrected chi connectivity index (χ3v) is 6.36. The molecule has 0 spiro atoms. The number of barbiturate groups is 1. The normalized spacial score (nSPS) is 14.9. The first-order valence-corrected chi connectivity index (χ1v) is 12.6. The Bertz CT molecular complexity index is 1520. The fraction of sp³-hybridized carbons (Fsp3) is 0.179. The summed E-state index contributed by atoms with van der Waals surface area (Å²) in [6.07, 6.45) is -3.63. The van der Waals surface area contributed by atoms with Gasteiger partial charge in [-0.3, -0.25) is 14.9 Å². The van der Waals surface area contributed by atoms with Crippen LogP contribution in [-0.2, 0) is 22.4 Å². The molecular weight excluding hydrogens is 572 g/mol. The van der Waals surface area contributed by atoms with Gasteiger partial charge < -0.3 is 9.47 Å². The van der Waals surface area contributed by atoms with E-state index in [1.54, 1.807) is 6.92 Å². The molecule has 1 saturated heterocycles. The third-order valence-electron chi connectivity index (χ3n) is 5.76. The van der Waals surface area contributed by atoms with E-state index in [1.807, 2.05) is 36.5 Å². The standard InChI is InChI=1S/C28H21Cl2F3N2O5/c1-3-39-23-12-17(11-21(30)24(23)40-14-16-6-4-15(2)5-7-16)10-19-25(36)34-27(38)35(26(19)37)22-13-18(28(31,32)33)8-9-20(22)29/h4-13H,3,14H2,1-2H3,(H,34,36,38)/b19-10-. The topological polar surface area (TPSA) is 84.9 Å². The van der Waals surface area contributed by atoms with Crippen molar-refractivity contribution in [3.05, 3.63) is 92.5 Å². The lowest BCUT2D eigenvalue weighted by Gasteiger charge is -2.27. The number of anilines is 1. The quantitative estimate of drug-likeness (QED) is 0.237. The molecule has 3 aromatic rings. The number of carbonyl (C=O) groups excluding carboxylic acids is 3. The van der Waals surface area contributed by atoms with Gasteiger partial charge in [-0.25, -0.2) is 9.69 Å².